The van der Waals surface area contributed by atoms with Gasteiger partial charge in [-0.05, 0) is 42.7 Å². The Bertz CT molecular complexity index is 745. The molecule has 0 heterocycles. The molecule has 0 saturated heterocycles. The molecular formula is C22H26IO4+. The standard InChI is InChI=1S/C22H26IO4/c1-3-5-12-27-22(25)19-9-7-11-21(14-19)23-20-10-6-8-18(13-20)17(4-2)15-26-16-24/h6-11,13-14,16-17H,3-5,12,15H2,1-2H3/q+1. The molecule has 144 valence electrons. The second kappa shape index (κ2) is 11.7. The van der Waals surface area contributed by atoms with Gasteiger partial charge in [-0.3, -0.25) is 4.79 Å². The van der Waals surface area contributed by atoms with E-state index in [9.17, 15) is 9.59 Å². The van der Waals surface area contributed by atoms with Gasteiger partial charge in [0.1, 0.15) is 0 Å². The monoisotopic (exact) mass is 481 g/mol. The van der Waals surface area contributed by atoms with Gasteiger partial charge in [0.2, 0.25) is 0 Å². The second-order valence-corrected chi connectivity index (χ2v) is 9.21. The minimum absolute atomic E-state index is 0.207. The minimum Gasteiger partial charge on any atom is -0.467 e. The Hall–Kier alpha value is -1.89. The van der Waals surface area contributed by atoms with Gasteiger partial charge >= 0.3 is 27.2 Å². The van der Waals surface area contributed by atoms with Crippen LogP contribution in [0.2, 0.25) is 0 Å². The molecule has 0 fully saturated rings. The van der Waals surface area contributed by atoms with Crippen LogP contribution < -0.4 is 21.2 Å². The Morgan fingerprint density at radius 3 is 2.56 bits per heavy atom. The minimum atomic E-state index is -0.410. The van der Waals surface area contributed by atoms with Crippen LogP contribution >= 0.6 is 0 Å². The number of hydrogen-bond acceptors (Lipinski definition) is 4. The van der Waals surface area contributed by atoms with Crippen molar-refractivity contribution in [1.29, 1.82) is 0 Å². The van der Waals surface area contributed by atoms with Gasteiger partial charge in [-0.2, -0.15) is 0 Å². The smallest absolute Gasteiger partial charge is 0.357 e. The van der Waals surface area contributed by atoms with Crippen molar-refractivity contribution in [2.75, 3.05) is 13.2 Å². The highest BCUT2D eigenvalue weighted by molar-refractivity contribution is 5.89. The maximum atomic E-state index is 12.2. The van der Waals surface area contributed by atoms with Crippen molar-refractivity contribution in [3.05, 3.63) is 66.8 Å². The zero-order valence-electron chi connectivity index (χ0n) is 15.8. The van der Waals surface area contributed by atoms with Crippen molar-refractivity contribution in [2.24, 2.45) is 0 Å². The molecule has 2 rings (SSSR count). The summed E-state index contributed by atoms with van der Waals surface area (Å²) in [5, 5.41) is 0. The number of halogens is 1. The molecule has 0 bridgehead atoms. The zero-order chi connectivity index (χ0) is 19.5. The number of hydrogen-bond donors (Lipinski definition) is 0. The van der Waals surface area contributed by atoms with E-state index in [1.54, 1.807) is 0 Å². The topological polar surface area (TPSA) is 52.6 Å². The second-order valence-electron chi connectivity index (χ2n) is 6.18. The summed E-state index contributed by atoms with van der Waals surface area (Å²) in [6.07, 6.45) is 2.80. The van der Waals surface area contributed by atoms with Crippen LogP contribution in [0.1, 0.15) is 54.9 Å². The summed E-state index contributed by atoms with van der Waals surface area (Å²) in [6.45, 7) is 5.54. The summed E-state index contributed by atoms with van der Waals surface area (Å²) in [4.78, 5) is 22.6. The first-order chi connectivity index (χ1) is 13.2. The van der Waals surface area contributed by atoms with Gasteiger partial charge in [0.05, 0.1) is 18.8 Å². The molecule has 0 spiro atoms. The molecule has 1 unspecified atom stereocenters. The Kier molecular flexibility index (Phi) is 9.31. The predicted octanol–water partition coefficient (Wildman–Crippen LogP) is 1.44. The Morgan fingerprint density at radius 2 is 1.85 bits per heavy atom. The maximum Gasteiger partial charge on any atom is 0.357 e. The van der Waals surface area contributed by atoms with Crippen LogP contribution in [-0.4, -0.2) is 25.7 Å². The van der Waals surface area contributed by atoms with Crippen molar-refractivity contribution in [1.82, 2.24) is 0 Å². The fourth-order valence-corrected chi connectivity index (χ4v) is 5.12. The SMILES string of the molecule is CCCCOC(=O)c1cccc([I+]c2cccc(C(CC)COC=O)c2)c1. The van der Waals surface area contributed by atoms with E-state index in [2.05, 4.69) is 44.2 Å². The maximum absolute atomic E-state index is 12.2. The first-order valence-electron chi connectivity index (χ1n) is 9.25. The zero-order valence-corrected chi connectivity index (χ0v) is 18.0. The number of carbonyl (C=O) groups is 2. The highest BCUT2D eigenvalue weighted by Gasteiger charge is 2.20. The quantitative estimate of drug-likeness (QED) is 0.211. The van der Waals surface area contributed by atoms with Gasteiger partial charge in [-0.25, -0.2) is 4.79 Å². The molecule has 2 aromatic rings. The molecular weight excluding hydrogens is 455 g/mol. The van der Waals surface area contributed by atoms with E-state index in [1.807, 2.05) is 18.2 Å². The van der Waals surface area contributed by atoms with Crippen LogP contribution in [0.3, 0.4) is 0 Å². The van der Waals surface area contributed by atoms with Crippen LogP contribution in [0.25, 0.3) is 0 Å². The lowest BCUT2D eigenvalue weighted by Gasteiger charge is -2.13. The number of rotatable bonds is 11. The fraction of sp³-hybridized carbons (Fsp3) is 0.364. The average molecular weight is 481 g/mol. The van der Waals surface area contributed by atoms with E-state index < -0.39 is 21.2 Å². The average Bonchev–Trinajstić information content (AvgIpc) is 2.69. The van der Waals surface area contributed by atoms with Crippen LogP contribution in [0.5, 0.6) is 0 Å². The molecule has 0 aliphatic rings. The summed E-state index contributed by atoms with van der Waals surface area (Å²) in [5.41, 5.74) is 1.80. The van der Waals surface area contributed by atoms with E-state index in [-0.39, 0.29) is 11.9 Å². The third-order valence-corrected chi connectivity index (χ3v) is 6.78. The van der Waals surface area contributed by atoms with Crippen molar-refractivity contribution >= 4 is 12.4 Å². The number of carbonyl (C=O) groups excluding carboxylic acids is 2. The van der Waals surface area contributed by atoms with E-state index in [0.29, 0.717) is 25.2 Å². The van der Waals surface area contributed by atoms with Crippen LogP contribution in [0, 0.1) is 7.14 Å². The lowest BCUT2D eigenvalue weighted by atomic mass is 9.98. The van der Waals surface area contributed by atoms with Crippen LogP contribution in [0.15, 0.2) is 48.5 Å². The lowest BCUT2D eigenvalue weighted by Crippen LogP contribution is -3.61. The molecule has 4 nitrogen and oxygen atoms in total. The normalized spacial score (nSPS) is 11.6. The highest BCUT2D eigenvalue weighted by Crippen LogP contribution is 2.19. The molecule has 27 heavy (non-hydrogen) atoms. The van der Waals surface area contributed by atoms with Crippen LogP contribution in [0.4, 0.5) is 0 Å². The van der Waals surface area contributed by atoms with Crippen molar-refractivity contribution in [3.8, 4) is 0 Å². The molecule has 0 radical (unpaired) electrons. The van der Waals surface area contributed by atoms with Gasteiger partial charge in [0.25, 0.3) is 6.47 Å². The summed E-state index contributed by atoms with van der Waals surface area (Å²) >= 11 is -0.410. The summed E-state index contributed by atoms with van der Waals surface area (Å²) < 4.78 is 12.7. The van der Waals surface area contributed by atoms with Gasteiger partial charge in [0.15, 0.2) is 7.14 Å². The number of unbranched alkanes of at least 4 members (excludes halogenated alkanes) is 1. The summed E-state index contributed by atoms with van der Waals surface area (Å²) in [6, 6.07) is 16.2. The van der Waals surface area contributed by atoms with E-state index in [0.717, 1.165) is 19.3 Å². The molecule has 5 heteroatoms. The van der Waals surface area contributed by atoms with Crippen molar-refractivity contribution in [3.63, 3.8) is 0 Å². The number of benzene rings is 2. The molecule has 0 saturated carbocycles. The van der Waals surface area contributed by atoms with Crippen molar-refractivity contribution < 1.29 is 40.3 Å². The highest BCUT2D eigenvalue weighted by atomic mass is 127. The van der Waals surface area contributed by atoms with Gasteiger partial charge in [0, 0.05) is 12.0 Å². The Balaban J connectivity index is 2.08. The van der Waals surface area contributed by atoms with Gasteiger partial charge in [-0.15, -0.1) is 0 Å². The molecule has 0 aliphatic heterocycles. The molecule has 0 N–H and O–H groups in total. The molecule has 0 amide bonds. The Morgan fingerprint density at radius 1 is 1.11 bits per heavy atom. The third-order valence-electron chi connectivity index (χ3n) is 4.19. The van der Waals surface area contributed by atoms with E-state index in [1.165, 1.54) is 12.7 Å². The fourth-order valence-electron chi connectivity index (χ4n) is 2.62. The van der Waals surface area contributed by atoms with Crippen LogP contribution in [-0.2, 0) is 14.3 Å². The van der Waals surface area contributed by atoms with Gasteiger partial charge in [-0.1, -0.05) is 38.5 Å². The van der Waals surface area contributed by atoms with Crippen molar-refractivity contribution in [2.45, 2.75) is 39.0 Å². The third kappa shape index (κ3) is 6.97. The van der Waals surface area contributed by atoms with E-state index >= 15 is 0 Å². The predicted molar refractivity (Wildman–Crippen MR) is 101 cm³/mol. The Labute approximate surface area is 171 Å². The summed E-state index contributed by atoms with van der Waals surface area (Å²) in [5.74, 6) is -0.0425. The molecule has 0 aliphatic carbocycles. The molecule has 0 aromatic heterocycles. The molecule has 1 atom stereocenters. The molecule has 2 aromatic carbocycles. The van der Waals surface area contributed by atoms with E-state index in [4.69, 9.17) is 9.47 Å². The number of ether oxygens (including phenoxy) is 2. The largest absolute Gasteiger partial charge is 0.467 e. The van der Waals surface area contributed by atoms with Gasteiger partial charge < -0.3 is 9.47 Å². The summed E-state index contributed by atoms with van der Waals surface area (Å²) in [7, 11) is 0. The number of esters is 1. The lowest BCUT2D eigenvalue weighted by molar-refractivity contribution is -0.597. The first kappa shape index (κ1) is 21.4. The first-order valence-corrected chi connectivity index (χ1v) is 11.4.